The summed E-state index contributed by atoms with van der Waals surface area (Å²) in [6, 6.07) is 12.5. The lowest BCUT2D eigenvalue weighted by Gasteiger charge is -2.31. The normalized spacial score (nSPS) is 14.3. The molecule has 0 aliphatic carbocycles. The second-order valence-electron chi connectivity index (χ2n) is 7.09. The number of rotatable bonds is 7. The number of ether oxygens (including phenoxy) is 3. The van der Waals surface area contributed by atoms with Crippen LogP contribution in [0.1, 0.15) is 35.7 Å². The van der Waals surface area contributed by atoms with E-state index in [1.807, 2.05) is 12.1 Å². The lowest BCUT2D eigenvalue weighted by atomic mass is 9.96. The molecule has 2 aromatic carbocycles. The number of likely N-dealkylation sites (tertiary alicyclic amines) is 1. The zero-order chi connectivity index (χ0) is 21.5. The molecule has 3 rings (SSSR count). The zero-order valence-electron chi connectivity index (χ0n) is 17.2. The highest BCUT2D eigenvalue weighted by Gasteiger charge is 2.28. The molecule has 0 atom stereocenters. The van der Waals surface area contributed by atoms with E-state index in [0.29, 0.717) is 54.6 Å². The van der Waals surface area contributed by atoms with Crippen molar-refractivity contribution in [3.05, 3.63) is 58.6 Å². The molecule has 0 saturated carbocycles. The van der Waals surface area contributed by atoms with Gasteiger partial charge in [0.1, 0.15) is 18.1 Å². The van der Waals surface area contributed by atoms with E-state index < -0.39 is 0 Å². The minimum Gasteiger partial charge on any atom is -0.496 e. The Bertz CT molecular complexity index is 893. The fourth-order valence-corrected chi connectivity index (χ4v) is 3.68. The average Bonchev–Trinajstić information content (AvgIpc) is 2.77. The number of benzene rings is 2. The summed E-state index contributed by atoms with van der Waals surface area (Å²) >= 11 is 6.00. The molecule has 2 aromatic rings. The van der Waals surface area contributed by atoms with Gasteiger partial charge in [-0.1, -0.05) is 17.7 Å². The molecule has 1 fully saturated rings. The Morgan fingerprint density at radius 2 is 1.90 bits per heavy atom. The van der Waals surface area contributed by atoms with Crippen LogP contribution in [0, 0.1) is 5.92 Å². The first-order valence-electron chi connectivity index (χ1n) is 10.0. The van der Waals surface area contributed by atoms with Crippen molar-refractivity contribution in [1.29, 1.82) is 0 Å². The van der Waals surface area contributed by atoms with Crippen molar-refractivity contribution in [1.82, 2.24) is 4.90 Å². The molecule has 0 unspecified atom stereocenters. The second-order valence-corrected chi connectivity index (χ2v) is 7.53. The smallest absolute Gasteiger partial charge is 0.309 e. The predicted octanol–water partition coefficient (Wildman–Crippen LogP) is 4.34. The molecule has 1 aliphatic rings. The van der Waals surface area contributed by atoms with Crippen LogP contribution in [0.3, 0.4) is 0 Å². The maximum atomic E-state index is 13.0. The van der Waals surface area contributed by atoms with Gasteiger partial charge in [-0.25, -0.2) is 0 Å². The minimum atomic E-state index is -0.172. The van der Waals surface area contributed by atoms with Gasteiger partial charge in [-0.3, -0.25) is 9.59 Å². The van der Waals surface area contributed by atoms with Gasteiger partial charge in [-0.05, 0) is 56.2 Å². The van der Waals surface area contributed by atoms with Gasteiger partial charge in [0.05, 0.1) is 19.6 Å². The molecule has 0 aromatic heterocycles. The van der Waals surface area contributed by atoms with Crippen LogP contribution >= 0.6 is 11.6 Å². The third-order valence-electron chi connectivity index (χ3n) is 5.12. The van der Waals surface area contributed by atoms with Crippen LogP contribution in [0.15, 0.2) is 42.5 Å². The topological polar surface area (TPSA) is 65.1 Å². The molecule has 160 valence electrons. The molecule has 0 N–H and O–H groups in total. The molecule has 0 bridgehead atoms. The van der Waals surface area contributed by atoms with E-state index in [0.717, 1.165) is 5.56 Å². The summed E-state index contributed by atoms with van der Waals surface area (Å²) in [6.07, 6.45) is 1.23. The maximum absolute atomic E-state index is 13.0. The number of amides is 1. The van der Waals surface area contributed by atoms with Crippen molar-refractivity contribution in [2.45, 2.75) is 26.4 Å². The summed E-state index contributed by atoms with van der Waals surface area (Å²) in [5.41, 5.74) is 1.33. The van der Waals surface area contributed by atoms with Crippen LogP contribution in [-0.2, 0) is 16.1 Å². The van der Waals surface area contributed by atoms with E-state index in [2.05, 4.69) is 0 Å². The monoisotopic (exact) mass is 431 g/mol. The molecule has 6 nitrogen and oxygen atoms in total. The number of hydrogen-bond donors (Lipinski definition) is 0. The van der Waals surface area contributed by atoms with Gasteiger partial charge in [0.25, 0.3) is 5.91 Å². The minimum absolute atomic E-state index is 0.0658. The van der Waals surface area contributed by atoms with Gasteiger partial charge in [0.15, 0.2) is 0 Å². The van der Waals surface area contributed by atoms with Crippen molar-refractivity contribution in [3.63, 3.8) is 0 Å². The van der Waals surface area contributed by atoms with Gasteiger partial charge in [0.2, 0.25) is 0 Å². The Morgan fingerprint density at radius 3 is 2.57 bits per heavy atom. The second kappa shape index (κ2) is 10.3. The molecule has 30 heavy (non-hydrogen) atoms. The van der Waals surface area contributed by atoms with Crippen LogP contribution in [0.25, 0.3) is 0 Å². The lowest BCUT2D eigenvalue weighted by Crippen LogP contribution is -2.40. The predicted molar refractivity (Wildman–Crippen MR) is 114 cm³/mol. The van der Waals surface area contributed by atoms with Crippen LogP contribution in [-0.4, -0.2) is 43.6 Å². The van der Waals surface area contributed by atoms with Crippen molar-refractivity contribution >= 4 is 23.5 Å². The van der Waals surface area contributed by atoms with Gasteiger partial charge in [-0.2, -0.15) is 0 Å². The standard InChI is InChI=1S/C23H26ClNO5/c1-3-29-23(27)16-9-11-25(12-10-16)22(26)17-7-8-21(28-2)18(13-17)15-30-20-6-4-5-19(24)14-20/h4-8,13-14,16H,3,9-12,15H2,1-2H3. The molecule has 0 spiro atoms. The number of halogens is 1. The Labute approximate surface area is 181 Å². The summed E-state index contributed by atoms with van der Waals surface area (Å²) in [5, 5.41) is 0.592. The van der Waals surface area contributed by atoms with Crippen molar-refractivity contribution in [2.24, 2.45) is 5.92 Å². The van der Waals surface area contributed by atoms with E-state index in [9.17, 15) is 9.59 Å². The molecule has 0 radical (unpaired) electrons. The van der Waals surface area contributed by atoms with Crippen molar-refractivity contribution < 1.29 is 23.8 Å². The van der Waals surface area contributed by atoms with Crippen LogP contribution < -0.4 is 9.47 Å². The number of carbonyl (C=O) groups is 2. The number of hydrogen-bond acceptors (Lipinski definition) is 5. The summed E-state index contributed by atoms with van der Waals surface area (Å²) in [6.45, 7) is 3.48. The molecular formula is C23H26ClNO5. The lowest BCUT2D eigenvalue weighted by molar-refractivity contribution is -0.149. The highest BCUT2D eigenvalue weighted by atomic mass is 35.5. The van der Waals surface area contributed by atoms with Crippen LogP contribution in [0.4, 0.5) is 0 Å². The fraction of sp³-hybridized carbons (Fsp3) is 0.391. The van der Waals surface area contributed by atoms with E-state index in [4.69, 9.17) is 25.8 Å². The van der Waals surface area contributed by atoms with E-state index in [1.54, 1.807) is 49.3 Å². The number of carbonyl (C=O) groups excluding carboxylic acids is 2. The first-order valence-corrected chi connectivity index (χ1v) is 10.4. The molecule has 1 heterocycles. The summed E-state index contributed by atoms with van der Waals surface area (Å²) in [7, 11) is 1.58. The van der Waals surface area contributed by atoms with Crippen LogP contribution in [0.5, 0.6) is 11.5 Å². The number of nitrogens with zero attached hydrogens (tertiary/aromatic N) is 1. The van der Waals surface area contributed by atoms with Gasteiger partial charge in [0, 0.05) is 29.2 Å². The first kappa shape index (κ1) is 22.0. The number of methoxy groups -OCH3 is 1. The third-order valence-corrected chi connectivity index (χ3v) is 5.35. The largest absolute Gasteiger partial charge is 0.496 e. The molecular weight excluding hydrogens is 406 g/mol. The molecule has 1 saturated heterocycles. The molecule has 1 aliphatic heterocycles. The third kappa shape index (κ3) is 5.45. The summed E-state index contributed by atoms with van der Waals surface area (Å²) in [5.74, 6) is 0.918. The highest BCUT2D eigenvalue weighted by molar-refractivity contribution is 6.30. The number of piperidine rings is 1. The Kier molecular flexibility index (Phi) is 7.57. The van der Waals surface area contributed by atoms with E-state index in [-0.39, 0.29) is 24.4 Å². The Balaban J connectivity index is 1.66. The maximum Gasteiger partial charge on any atom is 0.309 e. The van der Waals surface area contributed by atoms with Gasteiger partial charge < -0.3 is 19.1 Å². The average molecular weight is 432 g/mol. The van der Waals surface area contributed by atoms with Crippen molar-refractivity contribution in [2.75, 3.05) is 26.8 Å². The Hall–Kier alpha value is -2.73. The molecule has 1 amide bonds. The summed E-state index contributed by atoms with van der Waals surface area (Å²) in [4.78, 5) is 26.7. The van der Waals surface area contributed by atoms with Gasteiger partial charge >= 0.3 is 5.97 Å². The first-order chi connectivity index (χ1) is 14.5. The number of esters is 1. The quantitative estimate of drug-likeness (QED) is 0.610. The highest BCUT2D eigenvalue weighted by Crippen LogP contribution is 2.26. The molecule has 7 heteroatoms. The van der Waals surface area contributed by atoms with E-state index >= 15 is 0 Å². The van der Waals surface area contributed by atoms with Crippen molar-refractivity contribution in [3.8, 4) is 11.5 Å². The van der Waals surface area contributed by atoms with E-state index in [1.165, 1.54) is 0 Å². The summed E-state index contributed by atoms with van der Waals surface area (Å²) < 4.78 is 16.3. The SMILES string of the molecule is CCOC(=O)C1CCN(C(=O)c2ccc(OC)c(COc3cccc(Cl)c3)c2)CC1. The van der Waals surface area contributed by atoms with Gasteiger partial charge in [-0.15, -0.1) is 0 Å². The zero-order valence-corrected chi connectivity index (χ0v) is 18.0. The Morgan fingerprint density at radius 1 is 1.13 bits per heavy atom. The fourth-order valence-electron chi connectivity index (χ4n) is 3.50. The van der Waals surface area contributed by atoms with Crippen LogP contribution in [0.2, 0.25) is 5.02 Å².